The van der Waals surface area contributed by atoms with E-state index in [0.717, 1.165) is 57.2 Å². The maximum atomic E-state index is 14.3. The van der Waals surface area contributed by atoms with Crippen LogP contribution in [-0.2, 0) is 11.2 Å². The van der Waals surface area contributed by atoms with E-state index >= 15 is 0 Å². The van der Waals surface area contributed by atoms with Gasteiger partial charge in [-0.2, -0.15) is 0 Å². The van der Waals surface area contributed by atoms with Gasteiger partial charge in [0.2, 0.25) is 5.91 Å². The SMILES string of the molecule is CCN(CC)C(=O)N(C1CCCCC1)C1CC2CCC(C1)N2C(=O)[C@@H](Cc1ccc(Cl)cc1)NC[C@@H]1C[C@H](O)CN1. The lowest BCUT2D eigenvalue weighted by molar-refractivity contribution is -0.139. The Morgan fingerprint density at radius 3 is 2.24 bits per heavy atom. The number of carbonyl (C=O) groups is 2. The molecule has 1 saturated carbocycles. The molecule has 3 amide bonds. The number of fused-ring (bicyclic) bond motifs is 2. The van der Waals surface area contributed by atoms with Gasteiger partial charge in [-0.05, 0) is 82.9 Å². The molecule has 3 N–H and O–H groups in total. The first-order valence-electron chi connectivity index (χ1n) is 16.2. The second kappa shape index (κ2) is 14.1. The van der Waals surface area contributed by atoms with E-state index in [9.17, 15) is 14.7 Å². The lowest BCUT2D eigenvalue weighted by Crippen LogP contribution is -2.61. The number of β-amino-alcohol motifs (C(OH)–C–C–N with tert-alkyl or cyclic N) is 1. The molecule has 9 heteroatoms. The smallest absolute Gasteiger partial charge is 0.320 e. The van der Waals surface area contributed by atoms with Crippen molar-refractivity contribution in [3.05, 3.63) is 34.9 Å². The largest absolute Gasteiger partial charge is 0.392 e. The molecule has 1 aromatic rings. The average molecular weight is 588 g/mol. The van der Waals surface area contributed by atoms with Crippen LogP contribution in [0.5, 0.6) is 0 Å². The maximum absolute atomic E-state index is 14.3. The zero-order valence-corrected chi connectivity index (χ0v) is 25.7. The fourth-order valence-corrected chi connectivity index (χ4v) is 8.01. The summed E-state index contributed by atoms with van der Waals surface area (Å²) in [6.45, 7) is 6.84. The maximum Gasteiger partial charge on any atom is 0.320 e. The minimum Gasteiger partial charge on any atom is -0.392 e. The number of nitrogens with zero attached hydrogens (tertiary/aromatic N) is 3. The highest BCUT2D eigenvalue weighted by atomic mass is 35.5. The normalized spacial score (nSPS) is 29.0. The number of nitrogens with one attached hydrogen (secondary N) is 2. The van der Waals surface area contributed by atoms with E-state index in [-0.39, 0.29) is 48.3 Å². The molecule has 8 nitrogen and oxygen atoms in total. The first-order valence-corrected chi connectivity index (χ1v) is 16.5. The Bertz CT molecular complexity index is 1000. The van der Waals surface area contributed by atoms with Crippen LogP contribution in [0.15, 0.2) is 24.3 Å². The summed E-state index contributed by atoms with van der Waals surface area (Å²) in [4.78, 5) is 34.6. The summed E-state index contributed by atoms with van der Waals surface area (Å²) >= 11 is 6.14. The number of halogens is 1. The minimum atomic E-state index is -0.345. The molecule has 0 spiro atoms. The van der Waals surface area contributed by atoms with E-state index in [1.807, 2.05) is 29.2 Å². The third-order valence-corrected chi connectivity index (χ3v) is 10.3. The van der Waals surface area contributed by atoms with Crippen molar-refractivity contribution in [2.45, 2.75) is 127 Å². The molecule has 2 unspecified atom stereocenters. The van der Waals surface area contributed by atoms with Crippen LogP contribution in [0.1, 0.15) is 83.6 Å². The number of amides is 3. The van der Waals surface area contributed by atoms with Gasteiger partial charge in [-0.1, -0.05) is 43.0 Å². The van der Waals surface area contributed by atoms with Crippen LogP contribution in [0.4, 0.5) is 4.79 Å². The molecule has 228 valence electrons. The van der Waals surface area contributed by atoms with E-state index < -0.39 is 0 Å². The van der Waals surface area contributed by atoms with Crippen molar-refractivity contribution in [3.8, 4) is 0 Å². The number of aliphatic hydroxyl groups is 1. The lowest BCUT2D eigenvalue weighted by atomic mass is 9.89. The summed E-state index contributed by atoms with van der Waals surface area (Å²) in [5, 5.41) is 17.6. The zero-order valence-electron chi connectivity index (χ0n) is 24.9. The summed E-state index contributed by atoms with van der Waals surface area (Å²) < 4.78 is 0. The van der Waals surface area contributed by atoms with Gasteiger partial charge in [-0.15, -0.1) is 0 Å². The molecule has 0 radical (unpaired) electrons. The monoisotopic (exact) mass is 587 g/mol. The predicted octanol–water partition coefficient (Wildman–Crippen LogP) is 4.18. The highest BCUT2D eigenvalue weighted by Crippen LogP contribution is 2.40. The average Bonchev–Trinajstić information content (AvgIpc) is 3.52. The van der Waals surface area contributed by atoms with Crippen molar-refractivity contribution in [1.29, 1.82) is 0 Å². The summed E-state index contributed by atoms with van der Waals surface area (Å²) in [6, 6.07) is 8.63. The molecule has 5 rings (SSSR count). The van der Waals surface area contributed by atoms with Crippen LogP contribution in [0.3, 0.4) is 0 Å². The molecule has 1 aromatic carbocycles. The second-order valence-electron chi connectivity index (χ2n) is 12.7. The fourth-order valence-electron chi connectivity index (χ4n) is 7.88. The van der Waals surface area contributed by atoms with Crippen LogP contribution in [0.25, 0.3) is 0 Å². The second-order valence-corrected chi connectivity index (χ2v) is 13.1. The topological polar surface area (TPSA) is 88.2 Å². The highest BCUT2D eigenvalue weighted by molar-refractivity contribution is 6.30. The third-order valence-electron chi connectivity index (χ3n) is 10.0. The van der Waals surface area contributed by atoms with Gasteiger partial charge in [0.15, 0.2) is 0 Å². The van der Waals surface area contributed by atoms with Gasteiger partial charge >= 0.3 is 6.03 Å². The number of hydrogen-bond acceptors (Lipinski definition) is 5. The number of piperidine rings is 1. The Hall–Kier alpha value is -1.87. The van der Waals surface area contributed by atoms with Crippen molar-refractivity contribution in [3.63, 3.8) is 0 Å². The van der Waals surface area contributed by atoms with E-state index in [4.69, 9.17) is 11.6 Å². The number of hydrogen-bond donors (Lipinski definition) is 3. The molecule has 41 heavy (non-hydrogen) atoms. The number of benzene rings is 1. The van der Waals surface area contributed by atoms with Crippen molar-refractivity contribution in [2.75, 3.05) is 26.2 Å². The van der Waals surface area contributed by atoms with E-state index in [2.05, 4.69) is 34.3 Å². The van der Waals surface area contributed by atoms with Crippen LogP contribution in [0.2, 0.25) is 5.02 Å². The van der Waals surface area contributed by atoms with Gasteiger partial charge in [-0.3, -0.25) is 4.79 Å². The quantitative estimate of drug-likeness (QED) is 0.382. The fraction of sp³-hybridized carbons (Fsp3) is 0.750. The first kappa shape index (κ1) is 30.6. The predicted molar refractivity (Wildman–Crippen MR) is 163 cm³/mol. The number of urea groups is 1. The highest BCUT2D eigenvalue weighted by Gasteiger charge is 2.48. The summed E-state index contributed by atoms with van der Waals surface area (Å²) in [5.41, 5.74) is 1.08. The number of carbonyl (C=O) groups excluding carboxylic acids is 2. The first-order chi connectivity index (χ1) is 19.9. The van der Waals surface area contributed by atoms with Crippen molar-refractivity contribution in [1.82, 2.24) is 25.3 Å². The van der Waals surface area contributed by atoms with Gasteiger partial charge in [0.25, 0.3) is 0 Å². The zero-order chi connectivity index (χ0) is 28.9. The Labute approximate surface area is 251 Å². The van der Waals surface area contributed by atoms with E-state index in [1.54, 1.807) is 0 Å². The van der Waals surface area contributed by atoms with Crippen LogP contribution in [-0.4, -0.2) is 100 Å². The van der Waals surface area contributed by atoms with Crippen LogP contribution >= 0.6 is 11.6 Å². The molecular formula is C32H50ClN5O3. The standard InChI is InChI=1S/C32H50ClN5O3/c1-3-36(4-2)32(41)38(25-8-6-5-7-9-25)28-18-26-14-15-27(19-28)37(26)31(40)30(16-22-10-12-23(33)13-11-22)35-20-24-17-29(39)21-34-24/h10-13,24-30,34-35,39H,3-9,14-21H2,1-2H3/t24-,26?,27?,28?,29-,30+/m0/s1. The molecule has 4 fully saturated rings. The van der Waals surface area contributed by atoms with Crippen molar-refractivity contribution in [2.24, 2.45) is 0 Å². The van der Waals surface area contributed by atoms with Crippen molar-refractivity contribution < 1.29 is 14.7 Å². The third kappa shape index (κ3) is 7.20. The Morgan fingerprint density at radius 1 is 1.00 bits per heavy atom. The lowest BCUT2D eigenvalue weighted by Gasteiger charge is -2.48. The molecule has 1 aliphatic carbocycles. The summed E-state index contributed by atoms with van der Waals surface area (Å²) in [7, 11) is 0. The molecule has 3 saturated heterocycles. The van der Waals surface area contributed by atoms with Crippen molar-refractivity contribution >= 4 is 23.5 Å². The van der Waals surface area contributed by atoms with Gasteiger partial charge < -0.3 is 30.4 Å². The van der Waals surface area contributed by atoms with E-state index in [0.29, 0.717) is 37.0 Å². The number of aliphatic hydroxyl groups excluding tert-OH is 1. The molecule has 0 aromatic heterocycles. The summed E-state index contributed by atoms with van der Waals surface area (Å²) in [5.74, 6) is 0.170. The molecule has 4 aliphatic rings. The Morgan fingerprint density at radius 2 is 1.66 bits per heavy atom. The molecular weight excluding hydrogens is 538 g/mol. The minimum absolute atomic E-state index is 0.156. The van der Waals surface area contributed by atoms with Gasteiger partial charge in [0.05, 0.1) is 12.1 Å². The van der Waals surface area contributed by atoms with E-state index in [1.165, 1.54) is 19.3 Å². The Balaban J connectivity index is 1.31. The molecule has 3 heterocycles. The Kier molecular flexibility index (Phi) is 10.5. The van der Waals surface area contributed by atoms with Gasteiger partial charge in [0.1, 0.15) is 0 Å². The molecule has 3 aliphatic heterocycles. The molecule has 2 bridgehead atoms. The van der Waals surface area contributed by atoms with Crippen LogP contribution < -0.4 is 10.6 Å². The van der Waals surface area contributed by atoms with Crippen LogP contribution in [0, 0.1) is 0 Å². The van der Waals surface area contributed by atoms with Gasteiger partial charge in [0, 0.05) is 61.4 Å². The molecule has 5 atom stereocenters. The van der Waals surface area contributed by atoms with Gasteiger partial charge in [-0.25, -0.2) is 4.79 Å². The summed E-state index contributed by atoms with van der Waals surface area (Å²) in [6.07, 6.45) is 10.6. The number of rotatable bonds is 10.